The summed E-state index contributed by atoms with van der Waals surface area (Å²) in [5, 5.41) is 3.44. The lowest BCUT2D eigenvalue weighted by Gasteiger charge is -2.18. The van der Waals surface area contributed by atoms with E-state index in [9.17, 15) is 0 Å². The van der Waals surface area contributed by atoms with Gasteiger partial charge in [-0.25, -0.2) is 0 Å². The number of hydrogen-bond acceptors (Lipinski definition) is 3. The van der Waals surface area contributed by atoms with Gasteiger partial charge < -0.3 is 15.8 Å². The van der Waals surface area contributed by atoms with E-state index in [2.05, 4.69) is 38.2 Å². The van der Waals surface area contributed by atoms with Gasteiger partial charge in [0.1, 0.15) is 5.75 Å². The third-order valence-electron chi connectivity index (χ3n) is 2.96. The Labute approximate surface area is 111 Å². The second-order valence-corrected chi connectivity index (χ2v) is 5.57. The molecule has 0 amide bonds. The predicted molar refractivity (Wildman–Crippen MR) is 76.9 cm³/mol. The molecule has 1 aromatic rings. The SMILES string of the molecule is COc1ccc(CNCCCC(C)(C)N)cc1C. The lowest BCUT2D eigenvalue weighted by atomic mass is 10.0. The van der Waals surface area contributed by atoms with Gasteiger partial charge in [-0.2, -0.15) is 0 Å². The highest BCUT2D eigenvalue weighted by Gasteiger charge is 2.08. The van der Waals surface area contributed by atoms with E-state index in [1.54, 1.807) is 7.11 Å². The first kappa shape index (κ1) is 15.0. The van der Waals surface area contributed by atoms with Crippen LogP contribution in [0.5, 0.6) is 5.75 Å². The second-order valence-electron chi connectivity index (χ2n) is 5.57. The van der Waals surface area contributed by atoms with Crippen LogP contribution in [-0.4, -0.2) is 19.2 Å². The lowest BCUT2D eigenvalue weighted by molar-refractivity contribution is 0.411. The summed E-state index contributed by atoms with van der Waals surface area (Å²) in [7, 11) is 1.70. The molecule has 0 bridgehead atoms. The van der Waals surface area contributed by atoms with E-state index in [0.29, 0.717) is 0 Å². The Morgan fingerprint density at radius 3 is 2.61 bits per heavy atom. The molecule has 0 saturated carbocycles. The first-order valence-corrected chi connectivity index (χ1v) is 6.55. The summed E-state index contributed by atoms with van der Waals surface area (Å²) in [4.78, 5) is 0. The second kappa shape index (κ2) is 6.76. The zero-order chi connectivity index (χ0) is 13.6. The molecule has 0 radical (unpaired) electrons. The van der Waals surface area contributed by atoms with Crippen LogP contribution in [0.4, 0.5) is 0 Å². The topological polar surface area (TPSA) is 47.3 Å². The predicted octanol–water partition coefficient (Wildman–Crippen LogP) is 2.61. The van der Waals surface area contributed by atoms with Crippen LogP contribution < -0.4 is 15.8 Å². The Hall–Kier alpha value is -1.06. The summed E-state index contributed by atoms with van der Waals surface area (Å²) in [6.45, 7) is 8.11. The Morgan fingerprint density at radius 2 is 2.06 bits per heavy atom. The van der Waals surface area contributed by atoms with Crippen molar-refractivity contribution in [1.29, 1.82) is 0 Å². The van der Waals surface area contributed by atoms with Crippen LogP contribution in [0.2, 0.25) is 0 Å². The van der Waals surface area contributed by atoms with Crippen LogP contribution >= 0.6 is 0 Å². The number of methoxy groups -OCH3 is 1. The highest BCUT2D eigenvalue weighted by molar-refractivity contribution is 5.36. The summed E-state index contributed by atoms with van der Waals surface area (Å²) < 4.78 is 5.25. The molecule has 0 fully saturated rings. The summed E-state index contributed by atoms with van der Waals surface area (Å²) in [6.07, 6.45) is 2.15. The summed E-state index contributed by atoms with van der Waals surface area (Å²) in [5.74, 6) is 0.948. The van der Waals surface area contributed by atoms with E-state index < -0.39 is 0 Å². The van der Waals surface area contributed by atoms with Crippen LogP contribution in [0, 0.1) is 6.92 Å². The maximum atomic E-state index is 5.94. The molecule has 1 aromatic carbocycles. The standard InChI is InChI=1S/C15H26N2O/c1-12-10-13(6-7-14(12)18-4)11-17-9-5-8-15(2,3)16/h6-7,10,17H,5,8-9,11,16H2,1-4H3. The molecule has 0 spiro atoms. The molecule has 0 saturated heterocycles. The zero-order valence-corrected chi connectivity index (χ0v) is 12.0. The summed E-state index contributed by atoms with van der Waals surface area (Å²) >= 11 is 0. The zero-order valence-electron chi connectivity index (χ0n) is 12.0. The van der Waals surface area contributed by atoms with Crippen molar-refractivity contribution < 1.29 is 4.74 Å². The molecule has 0 aliphatic heterocycles. The van der Waals surface area contributed by atoms with Crippen LogP contribution in [0.1, 0.15) is 37.8 Å². The van der Waals surface area contributed by atoms with Crippen molar-refractivity contribution in [2.75, 3.05) is 13.7 Å². The fourth-order valence-electron chi connectivity index (χ4n) is 1.95. The molecule has 3 nitrogen and oxygen atoms in total. The monoisotopic (exact) mass is 250 g/mol. The maximum Gasteiger partial charge on any atom is 0.121 e. The molecule has 0 unspecified atom stereocenters. The van der Waals surface area contributed by atoms with Crippen molar-refractivity contribution in [3.05, 3.63) is 29.3 Å². The number of rotatable bonds is 7. The minimum atomic E-state index is -0.0572. The van der Waals surface area contributed by atoms with Crippen LogP contribution in [0.25, 0.3) is 0 Å². The number of ether oxygens (including phenoxy) is 1. The molecular formula is C15H26N2O. The molecule has 0 aliphatic rings. The molecule has 0 heterocycles. The van der Waals surface area contributed by atoms with Crippen molar-refractivity contribution in [3.63, 3.8) is 0 Å². The average molecular weight is 250 g/mol. The van der Waals surface area contributed by atoms with Gasteiger partial charge in [0.05, 0.1) is 7.11 Å². The third-order valence-corrected chi connectivity index (χ3v) is 2.96. The van der Waals surface area contributed by atoms with Crippen LogP contribution in [-0.2, 0) is 6.54 Å². The molecule has 0 atom stereocenters. The van der Waals surface area contributed by atoms with Crippen LogP contribution in [0.15, 0.2) is 18.2 Å². The molecule has 0 aromatic heterocycles. The molecule has 18 heavy (non-hydrogen) atoms. The number of hydrogen-bond donors (Lipinski definition) is 2. The van der Waals surface area contributed by atoms with Crippen LogP contribution in [0.3, 0.4) is 0 Å². The Kier molecular flexibility index (Phi) is 5.63. The molecule has 102 valence electrons. The average Bonchev–Trinajstić information content (AvgIpc) is 2.27. The maximum absolute atomic E-state index is 5.94. The van der Waals surface area contributed by atoms with Crippen molar-refractivity contribution >= 4 is 0 Å². The van der Waals surface area contributed by atoms with E-state index >= 15 is 0 Å². The highest BCUT2D eigenvalue weighted by atomic mass is 16.5. The first-order valence-electron chi connectivity index (χ1n) is 6.55. The fraction of sp³-hybridized carbons (Fsp3) is 0.600. The van der Waals surface area contributed by atoms with Gasteiger partial charge in [-0.15, -0.1) is 0 Å². The molecule has 3 heteroatoms. The van der Waals surface area contributed by atoms with Gasteiger partial charge in [-0.05, 0) is 57.4 Å². The quantitative estimate of drug-likeness (QED) is 0.731. The fourth-order valence-corrected chi connectivity index (χ4v) is 1.95. The summed E-state index contributed by atoms with van der Waals surface area (Å²) in [5.41, 5.74) is 8.35. The number of benzene rings is 1. The Bertz CT molecular complexity index is 369. The van der Waals surface area contributed by atoms with E-state index in [0.717, 1.165) is 31.7 Å². The van der Waals surface area contributed by atoms with Gasteiger partial charge in [0.25, 0.3) is 0 Å². The highest BCUT2D eigenvalue weighted by Crippen LogP contribution is 2.18. The van der Waals surface area contributed by atoms with Gasteiger partial charge >= 0.3 is 0 Å². The van der Waals surface area contributed by atoms with Crippen molar-refractivity contribution in [3.8, 4) is 5.75 Å². The minimum Gasteiger partial charge on any atom is -0.496 e. The Balaban J connectivity index is 2.29. The van der Waals surface area contributed by atoms with E-state index in [4.69, 9.17) is 10.5 Å². The van der Waals surface area contributed by atoms with Gasteiger partial charge in [0.15, 0.2) is 0 Å². The van der Waals surface area contributed by atoms with E-state index in [1.807, 2.05) is 6.07 Å². The van der Waals surface area contributed by atoms with Crippen molar-refractivity contribution in [2.24, 2.45) is 5.73 Å². The largest absolute Gasteiger partial charge is 0.496 e. The number of nitrogens with two attached hydrogens (primary N) is 1. The molecule has 3 N–H and O–H groups in total. The van der Waals surface area contributed by atoms with E-state index in [-0.39, 0.29) is 5.54 Å². The summed E-state index contributed by atoms with van der Waals surface area (Å²) in [6, 6.07) is 6.29. The van der Waals surface area contributed by atoms with Gasteiger partial charge in [-0.1, -0.05) is 12.1 Å². The number of nitrogens with one attached hydrogen (secondary N) is 1. The van der Waals surface area contributed by atoms with Gasteiger partial charge in [0.2, 0.25) is 0 Å². The molecule has 0 aliphatic carbocycles. The normalized spacial score (nSPS) is 11.6. The molecule has 1 rings (SSSR count). The smallest absolute Gasteiger partial charge is 0.121 e. The first-order chi connectivity index (χ1) is 8.42. The number of aryl methyl sites for hydroxylation is 1. The van der Waals surface area contributed by atoms with Crippen molar-refractivity contribution in [1.82, 2.24) is 5.32 Å². The third kappa shape index (κ3) is 5.52. The van der Waals surface area contributed by atoms with Gasteiger partial charge in [-0.3, -0.25) is 0 Å². The molecular weight excluding hydrogens is 224 g/mol. The Morgan fingerprint density at radius 1 is 1.33 bits per heavy atom. The van der Waals surface area contributed by atoms with Gasteiger partial charge in [0, 0.05) is 12.1 Å². The minimum absolute atomic E-state index is 0.0572. The van der Waals surface area contributed by atoms with Crippen molar-refractivity contribution in [2.45, 2.75) is 45.7 Å². The van der Waals surface area contributed by atoms with E-state index in [1.165, 1.54) is 11.1 Å². The lowest BCUT2D eigenvalue weighted by Crippen LogP contribution is -2.32.